The molecule has 0 spiro atoms. The molecule has 0 heterocycles. The molecule has 12 heavy (non-hydrogen) atoms. The monoisotopic (exact) mass is 189 g/mol. The van der Waals surface area contributed by atoms with Crippen LogP contribution in [0, 0.1) is 5.82 Å². The first-order valence-electron chi connectivity index (χ1n) is 3.54. The predicted octanol–water partition coefficient (Wildman–Crippen LogP) is 1.88. The fourth-order valence-electron chi connectivity index (χ4n) is 0.831. The van der Waals surface area contributed by atoms with E-state index < -0.39 is 5.82 Å². The molecule has 4 heteroatoms. The van der Waals surface area contributed by atoms with Gasteiger partial charge in [-0.3, -0.25) is 0 Å². The van der Waals surface area contributed by atoms with E-state index in [-0.39, 0.29) is 11.6 Å². The maximum absolute atomic E-state index is 13.0. The Labute approximate surface area is 75.0 Å². The van der Waals surface area contributed by atoms with Crippen molar-refractivity contribution in [2.45, 2.75) is 0 Å². The Bertz CT molecular complexity index is 267. The molecule has 0 amide bonds. The van der Waals surface area contributed by atoms with Gasteiger partial charge in [0.1, 0.15) is 0 Å². The number of aliphatic hydroxyl groups excluding tert-OH is 1. The molecule has 1 rings (SSSR count). The van der Waals surface area contributed by atoms with Crippen LogP contribution in [0.5, 0.6) is 0 Å². The summed E-state index contributed by atoms with van der Waals surface area (Å²) in [5.74, 6) is -0.479. The molecule has 0 bridgehead atoms. The quantitative estimate of drug-likeness (QED) is 0.761. The maximum Gasteiger partial charge on any atom is 0.164 e. The van der Waals surface area contributed by atoms with E-state index in [2.05, 4.69) is 5.32 Å². The standard InChI is InChI=1S/C8H9ClFNO/c9-6-2-1-3-7(8(6)10)11-4-5-12/h1-3,11-12H,4-5H2. The molecule has 0 unspecified atom stereocenters. The first kappa shape index (κ1) is 9.29. The summed E-state index contributed by atoms with van der Waals surface area (Å²) < 4.78 is 13.0. The maximum atomic E-state index is 13.0. The highest BCUT2D eigenvalue weighted by molar-refractivity contribution is 6.31. The number of nitrogens with one attached hydrogen (secondary N) is 1. The fraction of sp³-hybridized carbons (Fsp3) is 0.250. The Balaban J connectivity index is 2.78. The Kier molecular flexibility index (Phi) is 3.31. The van der Waals surface area contributed by atoms with Crippen molar-refractivity contribution in [3.05, 3.63) is 29.0 Å². The lowest BCUT2D eigenvalue weighted by Gasteiger charge is -2.05. The predicted molar refractivity (Wildman–Crippen MR) is 47.0 cm³/mol. The summed E-state index contributed by atoms with van der Waals surface area (Å²) in [6.07, 6.45) is 0. The Morgan fingerprint density at radius 1 is 1.50 bits per heavy atom. The molecule has 2 nitrogen and oxygen atoms in total. The van der Waals surface area contributed by atoms with Crippen molar-refractivity contribution in [3.63, 3.8) is 0 Å². The highest BCUT2D eigenvalue weighted by Gasteiger charge is 2.03. The van der Waals surface area contributed by atoms with Gasteiger partial charge in [0.25, 0.3) is 0 Å². The van der Waals surface area contributed by atoms with Crippen LogP contribution in [0.4, 0.5) is 10.1 Å². The molecule has 0 aliphatic rings. The summed E-state index contributed by atoms with van der Waals surface area (Å²) >= 11 is 5.52. The van der Waals surface area contributed by atoms with Crippen molar-refractivity contribution < 1.29 is 9.50 Å². The number of benzene rings is 1. The number of hydrogen-bond acceptors (Lipinski definition) is 2. The van der Waals surface area contributed by atoms with Gasteiger partial charge in [-0.1, -0.05) is 17.7 Å². The van der Waals surface area contributed by atoms with Gasteiger partial charge in [-0.2, -0.15) is 0 Å². The van der Waals surface area contributed by atoms with Gasteiger partial charge in [0.2, 0.25) is 0 Å². The minimum Gasteiger partial charge on any atom is -0.395 e. The van der Waals surface area contributed by atoms with Crippen LogP contribution < -0.4 is 5.32 Å². The van der Waals surface area contributed by atoms with E-state index in [1.807, 2.05) is 0 Å². The average molecular weight is 190 g/mol. The van der Waals surface area contributed by atoms with Gasteiger partial charge < -0.3 is 10.4 Å². The summed E-state index contributed by atoms with van der Waals surface area (Å²) in [5.41, 5.74) is 0.316. The normalized spacial score (nSPS) is 9.92. The number of aliphatic hydroxyl groups is 1. The van der Waals surface area contributed by atoms with Crippen LogP contribution in [-0.4, -0.2) is 18.3 Å². The molecule has 0 saturated carbocycles. The van der Waals surface area contributed by atoms with E-state index in [0.29, 0.717) is 12.2 Å². The Morgan fingerprint density at radius 2 is 2.25 bits per heavy atom. The van der Waals surface area contributed by atoms with Crippen molar-refractivity contribution in [2.24, 2.45) is 0 Å². The molecule has 0 aliphatic heterocycles. The molecule has 0 aromatic heterocycles. The first-order chi connectivity index (χ1) is 5.75. The number of rotatable bonds is 3. The number of halogens is 2. The van der Waals surface area contributed by atoms with Gasteiger partial charge in [0, 0.05) is 6.54 Å². The molecule has 0 atom stereocenters. The molecular weight excluding hydrogens is 181 g/mol. The summed E-state index contributed by atoms with van der Waals surface area (Å²) in [7, 11) is 0. The number of hydrogen-bond donors (Lipinski definition) is 2. The molecule has 0 fully saturated rings. The largest absolute Gasteiger partial charge is 0.395 e. The highest BCUT2D eigenvalue weighted by Crippen LogP contribution is 2.21. The third kappa shape index (κ3) is 2.09. The van der Waals surface area contributed by atoms with Crippen molar-refractivity contribution in [1.82, 2.24) is 0 Å². The van der Waals surface area contributed by atoms with Gasteiger partial charge in [0.15, 0.2) is 5.82 Å². The van der Waals surface area contributed by atoms with Crippen LogP contribution in [-0.2, 0) is 0 Å². The fourth-order valence-corrected chi connectivity index (χ4v) is 1.01. The van der Waals surface area contributed by atoms with Gasteiger partial charge in [-0.15, -0.1) is 0 Å². The Hall–Kier alpha value is -0.800. The van der Waals surface area contributed by atoms with Gasteiger partial charge >= 0.3 is 0 Å². The van der Waals surface area contributed by atoms with E-state index in [1.165, 1.54) is 6.07 Å². The lowest BCUT2D eigenvalue weighted by atomic mass is 10.3. The summed E-state index contributed by atoms with van der Waals surface area (Å²) in [5, 5.41) is 11.2. The molecule has 0 radical (unpaired) electrons. The van der Waals surface area contributed by atoms with Crippen LogP contribution in [0.15, 0.2) is 18.2 Å². The molecule has 1 aromatic carbocycles. The zero-order valence-electron chi connectivity index (χ0n) is 6.35. The van der Waals surface area contributed by atoms with Gasteiger partial charge in [-0.05, 0) is 12.1 Å². The minimum atomic E-state index is -0.479. The number of anilines is 1. The smallest absolute Gasteiger partial charge is 0.164 e. The van der Waals surface area contributed by atoms with Crippen LogP contribution in [0.3, 0.4) is 0 Å². The van der Waals surface area contributed by atoms with Crippen molar-refractivity contribution >= 4 is 17.3 Å². The van der Waals surface area contributed by atoms with Crippen LogP contribution in [0.2, 0.25) is 5.02 Å². The lowest BCUT2D eigenvalue weighted by molar-refractivity contribution is 0.311. The SMILES string of the molecule is OCCNc1cccc(Cl)c1F. The van der Waals surface area contributed by atoms with Crippen LogP contribution in [0.1, 0.15) is 0 Å². The van der Waals surface area contributed by atoms with Crippen molar-refractivity contribution in [2.75, 3.05) is 18.5 Å². The third-order valence-electron chi connectivity index (χ3n) is 1.38. The third-order valence-corrected chi connectivity index (χ3v) is 1.67. The molecule has 66 valence electrons. The molecule has 0 saturated heterocycles. The van der Waals surface area contributed by atoms with Gasteiger partial charge in [-0.25, -0.2) is 4.39 Å². The topological polar surface area (TPSA) is 32.3 Å². The van der Waals surface area contributed by atoms with E-state index in [0.717, 1.165) is 0 Å². The molecule has 0 aliphatic carbocycles. The summed E-state index contributed by atoms with van der Waals surface area (Å²) in [4.78, 5) is 0. The van der Waals surface area contributed by atoms with Crippen molar-refractivity contribution in [3.8, 4) is 0 Å². The van der Waals surface area contributed by atoms with Crippen LogP contribution in [0.25, 0.3) is 0 Å². The second kappa shape index (κ2) is 4.28. The average Bonchev–Trinajstić information content (AvgIpc) is 2.08. The molecule has 1 aromatic rings. The zero-order chi connectivity index (χ0) is 8.97. The molecule has 2 N–H and O–H groups in total. The van der Waals surface area contributed by atoms with Crippen molar-refractivity contribution in [1.29, 1.82) is 0 Å². The summed E-state index contributed by atoms with van der Waals surface area (Å²) in [6.45, 7) is 0.281. The van der Waals surface area contributed by atoms with E-state index in [9.17, 15) is 4.39 Å². The zero-order valence-corrected chi connectivity index (χ0v) is 7.11. The second-order valence-electron chi connectivity index (χ2n) is 2.25. The Morgan fingerprint density at radius 3 is 2.92 bits per heavy atom. The van der Waals surface area contributed by atoms with Crippen LogP contribution >= 0.6 is 11.6 Å². The lowest BCUT2D eigenvalue weighted by Crippen LogP contribution is -2.06. The van der Waals surface area contributed by atoms with E-state index in [1.54, 1.807) is 12.1 Å². The second-order valence-corrected chi connectivity index (χ2v) is 2.66. The minimum absolute atomic E-state index is 0.0358. The van der Waals surface area contributed by atoms with E-state index in [4.69, 9.17) is 16.7 Å². The summed E-state index contributed by atoms with van der Waals surface area (Å²) in [6, 6.07) is 4.68. The van der Waals surface area contributed by atoms with Gasteiger partial charge in [0.05, 0.1) is 17.3 Å². The first-order valence-corrected chi connectivity index (χ1v) is 3.92. The molecular formula is C8H9ClFNO. The van der Waals surface area contributed by atoms with E-state index >= 15 is 0 Å². The highest BCUT2D eigenvalue weighted by atomic mass is 35.5.